The number of ether oxygens (including phenoxy) is 3. The lowest BCUT2D eigenvalue weighted by Gasteiger charge is -2.69. The van der Waals surface area contributed by atoms with Crippen LogP contribution in [0.5, 0.6) is 0 Å². The van der Waals surface area contributed by atoms with E-state index in [-0.39, 0.29) is 73.2 Å². The summed E-state index contributed by atoms with van der Waals surface area (Å²) in [6.07, 6.45) is 7.46. The summed E-state index contributed by atoms with van der Waals surface area (Å²) in [6, 6.07) is 20.3. The fourth-order valence-corrected chi connectivity index (χ4v) is 15.9. The fourth-order valence-electron chi connectivity index (χ4n) is 14.6. The molecule has 7 N–H and O–H groups in total. The number of carboxylic acids is 1. The number of carbonyl (C=O) groups excluding carboxylic acids is 4. The number of nitrogens with two attached hydrogens (primary N) is 1. The van der Waals surface area contributed by atoms with Gasteiger partial charge >= 0.3 is 12.1 Å². The Morgan fingerprint density at radius 1 is 0.899 bits per heavy atom. The van der Waals surface area contributed by atoms with Gasteiger partial charge in [-0.25, -0.2) is 19.6 Å². The summed E-state index contributed by atoms with van der Waals surface area (Å²) in [7, 11) is -2.48. The molecule has 1 aliphatic heterocycles. The number of carboxylic acid groups (broad SMARTS) is 1. The minimum Gasteiger partial charge on any atom is -0.476 e. The molecule has 6 aromatic rings. The van der Waals surface area contributed by atoms with Crippen molar-refractivity contribution in [1.29, 1.82) is 0 Å². The minimum absolute atomic E-state index is 0.00562. The van der Waals surface area contributed by atoms with E-state index in [9.17, 15) is 37.5 Å². The van der Waals surface area contributed by atoms with Crippen molar-refractivity contribution in [3.8, 4) is 23.0 Å². The van der Waals surface area contributed by atoms with E-state index in [2.05, 4.69) is 46.6 Å². The molecule has 472 valence electrons. The molecule has 4 heterocycles. The average Bonchev–Trinajstić information content (AvgIpc) is 1.06. The monoisotopic (exact) mass is 1250 g/mol. The predicted molar refractivity (Wildman–Crippen MR) is 338 cm³/mol. The maximum Gasteiger partial charge on any atom is 0.409 e. The number of hydrogen-bond acceptors (Lipinski definition) is 16. The number of nitrogens with one attached hydrogen (secondary N) is 3. The maximum absolute atomic E-state index is 13.8. The van der Waals surface area contributed by atoms with Crippen LogP contribution in [0.15, 0.2) is 79.0 Å². The quantitative estimate of drug-likeness (QED) is 0.0198. The number of pyridine rings is 1. The summed E-state index contributed by atoms with van der Waals surface area (Å²) in [6.45, 7) is 13.7. The van der Waals surface area contributed by atoms with Crippen molar-refractivity contribution in [3.05, 3.63) is 118 Å². The smallest absolute Gasteiger partial charge is 0.409 e. The highest BCUT2D eigenvalue weighted by Crippen LogP contribution is 2.72. The van der Waals surface area contributed by atoms with Gasteiger partial charge in [0.1, 0.15) is 25.1 Å². The molecule has 0 radical (unpaired) electrons. The van der Waals surface area contributed by atoms with E-state index >= 15 is 0 Å². The van der Waals surface area contributed by atoms with Gasteiger partial charge in [-0.05, 0) is 141 Å². The molecule has 4 amide bonds. The topological polar surface area (TPSA) is 300 Å². The molecule has 22 nitrogen and oxygen atoms in total. The first-order valence-corrected chi connectivity index (χ1v) is 32.5. The van der Waals surface area contributed by atoms with Gasteiger partial charge in [-0.3, -0.25) is 28.9 Å². The fraction of sp³-hybridized carbons (Fsp3) is 0.477. The second-order valence-electron chi connectivity index (χ2n) is 25.8. The molecule has 4 fully saturated rings. The highest BCUT2D eigenvalue weighted by molar-refractivity contribution is 7.85. The van der Waals surface area contributed by atoms with Crippen molar-refractivity contribution in [2.45, 2.75) is 130 Å². The molecular formula is C65H78N10O12S2. The number of likely N-dealkylation sites (N-methyl/N-ethyl adjacent to an activating group) is 1. The zero-order valence-corrected chi connectivity index (χ0v) is 52.9. The lowest BCUT2D eigenvalue weighted by molar-refractivity contribution is -0.248. The van der Waals surface area contributed by atoms with Crippen LogP contribution in [0.3, 0.4) is 0 Å². The third kappa shape index (κ3) is 14.9. The summed E-state index contributed by atoms with van der Waals surface area (Å²) in [5.41, 5.74) is 11.8. The van der Waals surface area contributed by atoms with Gasteiger partial charge in [0.2, 0.25) is 11.8 Å². The number of amides is 4. The molecule has 5 aliphatic rings. The lowest BCUT2D eigenvalue weighted by atomic mass is 9.39. The Labute approximate surface area is 522 Å². The third-order valence-corrected chi connectivity index (χ3v) is 19.5. The van der Waals surface area contributed by atoms with E-state index in [1.807, 2.05) is 71.1 Å². The van der Waals surface area contributed by atoms with Crippen molar-refractivity contribution < 1.29 is 56.3 Å². The first kappa shape index (κ1) is 64.2. The molecule has 4 unspecified atom stereocenters. The number of aromatic carboxylic acids is 1. The summed E-state index contributed by atoms with van der Waals surface area (Å²) in [5, 5.41) is 24.6. The second kappa shape index (κ2) is 26.0. The van der Waals surface area contributed by atoms with Crippen LogP contribution in [0.2, 0.25) is 0 Å². The molecule has 3 aromatic heterocycles. The van der Waals surface area contributed by atoms with E-state index in [0.29, 0.717) is 70.5 Å². The summed E-state index contributed by atoms with van der Waals surface area (Å²) in [5.74, 6) is 3.41. The number of carbonyl (C=O) groups is 5. The van der Waals surface area contributed by atoms with Crippen molar-refractivity contribution >= 4 is 78.1 Å². The van der Waals surface area contributed by atoms with Crippen LogP contribution in [0.25, 0.3) is 21.3 Å². The molecule has 89 heavy (non-hydrogen) atoms. The molecule has 24 heteroatoms. The van der Waals surface area contributed by atoms with E-state index in [4.69, 9.17) is 34.6 Å². The van der Waals surface area contributed by atoms with Crippen molar-refractivity contribution in [1.82, 2.24) is 30.0 Å². The van der Waals surface area contributed by atoms with Gasteiger partial charge in [0.25, 0.3) is 16.0 Å². The Bertz CT molecular complexity index is 3840. The van der Waals surface area contributed by atoms with E-state index < -0.39 is 57.4 Å². The largest absolute Gasteiger partial charge is 0.476 e. The normalized spacial score (nSPS) is 21.6. The summed E-state index contributed by atoms with van der Waals surface area (Å²) in [4.78, 5) is 79.1. The van der Waals surface area contributed by atoms with Crippen LogP contribution in [0.1, 0.15) is 128 Å². The molecule has 4 atom stereocenters. The molecule has 4 bridgehead atoms. The van der Waals surface area contributed by atoms with Gasteiger partial charge in [0.15, 0.2) is 10.8 Å². The van der Waals surface area contributed by atoms with Crippen LogP contribution in [0, 0.1) is 40.9 Å². The number of nitrogens with zero attached hydrogens (tertiary/aromatic N) is 6. The van der Waals surface area contributed by atoms with E-state index in [0.717, 1.165) is 65.6 Å². The van der Waals surface area contributed by atoms with Crippen LogP contribution in [0.4, 0.5) is 21.4 Å². The van der Waals surface area contributed by atoms with Crippen molar-refractivity contribution in [2.24, 2.45) is 27.9 Å². The Hall–Kier alpha value is -7.79. The van der Waals surface area contributed by atoms with Crippen LogP contribution >= 0.6 is 11.3 Å². The first-order valence-electron chi connectivity index (χ1n) is 30.0. The Kier molecular flexibility index (Phi) is 18.7. The molecule has 4 saturated carbocycles. The second-order valence-corrected chi connectivity index (χ2v) is 28.4. The summed E-state index contributed by atoms with van der Waals surface area (Å²) < 4.78 is 52.5. The molecule has 11 rings (SSSR count). The van der Waals surface area contributed by atoms with Gasteiger partial charge in [0, 0.05) is 79.0 Å². The minimum atomic E-state index is -4.13. The van der Waals surface area contributed by atoms with E-state index in [1.54, 1.807) is 52.2 Å². The standard InChI is InChI=1S/C65H78N10O12S2/c1-40(2)54(66)58(78)68-41(3)56(76)69-46-19-18-45(44(29-46)14-11-25-85-26-12-28-89(82,83)84)32-86-61(81)73(7)24-27-87-65-36-62(5)33-63(6,37-65)35-64(34-62,38-65)39-75-42(4)49(30-67-75)47-20-21-53(71-55(47)59(79)80)74-23-22-43-13-10-15-48(50(43)31-74)57(77)72-60-70-51-16-8-9-17-52(51)88-60/h8-10,13,15-21,29-30,40-41,54H,12,22-28,31-39,66H2,1-7H3,(H,68,78)(H,69,76)(H,79,80)(H,70,72,77)(H,82,83,84). The zero-order valence-electron chi connectivity index (χ0n) is 51.3. The lowest BCUT2D eigenvalue weighted by Crippen LogP contribution is -2.64. The van der Waals surface area contributed by atoms with Crippen molar-refractivity contribution in [2.75, 3.05) is 61.2 Å². The Morgan fingerprint density at radius 3 is 2.39 bits per heavy atom. The first-order chi connectivity index (χ1) is 42.2. The van der Waals surface area contributed by atoms with Gasteiger partial charge in [0.05, 0.1) is 40.4 Å². The molecule has 0 saturated heterocycles. The summed E-state index contributed by atoms with van der Waals surface area (Å²) >= 11 is 1.41. The van der Waals surface area contributed by atoms with Gasteiger partial charge in [-0.2, -0.15) is 13.5 Å². The predicted octanol–water partition coefficient (Wildman–Crippen LogP) is 8.85. The highest BCUT2D eigenvalue weighted by atomic mass is 32.2. The number of rotatable bonds is 23. The number of benzene rings is 3. The van der Waals surface area contributed by atoms with Gasteiger partial charge in [-0.1, -0.05) is 81.2 Å². The van der Waals surface area contributed by atoms with Crippen LogP contribution < -0.4 is 26.6 Å². The van der Waals surface area contributed by atoms with Gasteiger partial charge < -0.3 is 45.5 Å². The zero-order chi connectivity index (χ0) is 63.6. The van der Waals surface area contributed by atoms with Crippen LogP contribution in [-0.2, 0) is 60.0 Å². The number of thiazole rings is 1. The maximum atomic E-state index is 13.8. The molecule has 4 aliphatic carbocycles. The molecule has 3 aromatic carbocycles. The molecule has 0 spiro atoms. The third-order valence-electron chi connectivity index (χ3n) is 17.7. The Balaban J connectivity index is 0.776. The highest BCUT2D eigenvalue weighted by Gasteiger charge is 2.66. The number of anilines is 3. The number of fused-ring (bicyclic) bond motifs is 2. The Morgan fingerprint density at radius 2 is 1.66 bits per heavy atom. The van der Waals surface area contributed by atoms with Gasteiger partial charge in [-0.15, -0.1) is 0 Å². The SMILES string of the molecule is Cc1c(-c2ccc(N3CCc4cccc(C(=O)Nc5nc6ccccc6s5)c4C3)nc2C(=O)O)cnn1CC12CC3(C)CC(C)(C1)CC(OCCN(C)C(=O)OCc1ccc(NC(=O)C(C)NC(=O)C(N)C(C)C)cc1C#CCOCCCS(=O)(=O)O)(C3)C2. The van der Waals surface area contributed by atoms with Crippen molar-refractivity contribution in [3.63, 3.8) is 0 Å². The van der Waals surface area contributed by atoms with Crippen LogP contribution in [-0.4, -0.2) is 136 Å². The number of aromatic nitrogens is 4. The number of hydrogen-bond donors (Lipinski definition) is 6. The number of para-hydroxylation sites is 1. The molecular weight excluding hydrogens is 1180 g/mol. The van der Waals surface area contributed by atoms with E-state index in [1.165, 1.54) is 16.2 Å². The average molecular weight is 1260 g/mol.